The molecule has 0 bridgehead atoms. The number of fused-ring (bicyclic) bond motifs is 3. The Morgan fingerprint density at radius 3 is 1.04 bits per heavy atom. The summed E-state index contributed by atoms with van der Waals surface area (Å²) in [5.41, 5.74) is 14.8. The van der Waals surface area contributed by atoms with Crippen LogP contribution in [-0.4, -0.2) is 334 Å². The number of carboxylic acids is 2. The fraction of sp³-hybridized carbons (Fsp3) is 0.522. The standard InChI is InChI=1S/C35H51Cl2N3O11S.C24H33Cl2N3O5S.C21H25Cl2NO3S.2C4H5NO2.C4H6O6/c1-3-47-15-16-48-12-4-5-32(41)33(42)34(43)35(44)38-10-13-49-17-19-51-20-18-50-14-11-39-52(45,46)27-8-6-25(7-9-27)29-23-40(2)24-30-28(29)21-26(36)22-31(30)37;1-29-16-22(21-14-19(25)15-24(26)23(21)17-29)18-2-4-20(5-3-18)35(30,31)28-7-9-33-11-13-34-12-10-32-8-6-27;1-3-27-9-4-10-28(25,26)17-7-5-15(6-8-17)19-13-24(2)14-20-18(19)11-16(22)12-21(20)23;2*6-3-1-2-4(7)5-3;5-1(3(7)8)2(6)4(9)10/h6-9,21-22,29,33-34,39,42-43H,3-5,10-20,23-24H2,1-2H3,(H,38,44);2-5,14-15,22,28H,6-13,16-17,27H2,1H3;5-8,11-12,19H,3-4,9-10,13-14H2,1-2H3;2*1-2H2,(H,5,6,7);1-2,5-6H,(H,7,8)(H,9,10)/t29-,33?,34?;22-;19-;;;/m111.../s1. The van der Waals surface area contributed by atoms with E-state index in [1.165, 1.54) is 0 Å². The highest BCUT2D eigenvalue weighted by Crippen LogP contribution is 2.42. The van der Waals surface area contributed by atoms with Gasteiger partial charge in [0.05, 0.1) is 113 Å². The summed E-state index contributed by atoms with van der Waals surface area (Å²) in [6, 6.07) is 32.1. The molecule has 2 fully saturated rings. The normalized spacial score (nSPS) is 16.8. The average Bonchev–Trinajstić information content (AvgIpc) is 1.39. The van der Waals surface area contributed by atoms with Gasteiger partial charge in [0.15, 0.2) is 33.9 Å². The molecule has 5 heterocycles. The van der Waals surface area contributed by atoms with Crippen LogP contribution in [0.1, 0.15) is 127 Å². The topological polar surface area (TPSA) is 539 Å². The van der Waals surface area contributed by atoms with Gasteiger partial charge in [-0.15, -0.1) is 0 Å². The highest BCUT2D eigenvalue weighted by molar-refractivity contribution is 7.91. The summed E-state index contributed by atoms with van der Waals surface area (Å²) in [6.07, 6.45) is -5.94. The molecule has 772 valence electrons. The first-order valence-corrected chi connectivity index (χ1v) is 51.5. The zero-order chi connectivity index (χ0) is 102. The van der Waals surface area contributed by atoms with Gasteiger partial charge in [0.2, 0.25) is 43.7 Å². The fourth-order valence-electron chi connectivity index (χ4n) is 14.3. The van der Waals surface area contributed by atoms with Crippen molar-refractivity contribution in [3.8, 4) is 0 Å². The number of ketones is 1. The summed E-state index contributed by atoms with van der Waals surface area (Å²) in [5.74, 6) is -5.42. The van der Waals surface area contributed by atoms with Gasteiger partial charge < -0.3 is 99.0 Å². The lowest BCUT2D eigenvalue weighted by atomic mass is 9.85. The number of nitrogens with one attached hydrogen (secondary N) is 5. The molecular weight excluding hydrogens is 2000 g/mol. The molecule has 7 atom stereocenters. The van der Waals surface area contributed by atoms with E-state index in [2.05, 4.69) is 47.1 Å². The first-order valence-electron chi connectivity index (χ1n) is 44.7. The number of amides is 5. The number of aliphatic hydroxyl groups is 4. The van der Waals surface area contributed by atoms with Crippen LogP contribution in [0.25, 0.3) is 0 Å². The number of halogens is 6. The second kappa shape index (κ2) is 62.9. The van der Waals surface area contributed by atoms with Crippen molar-refractivity contribution in [3.63, 3.8) is 0 Å². The lowest BCUT2D eigenvalue weighted by Crippen LogP contribution is -2.46. The third-order valence-corrected chi connectivity index (χ3v) is 27.7. The molecule has 47 heteroatoms. The molecular formula is C92H125Cl6N9O29S3. The molecule has 38 nitrogen and oxygen atoms in total. The number of carbonyl (C=O) groups excluding carboxylic acids is 6. The maximum absolute atomic E-state index is 12.8. The van der Waals surface area contributed by atoms with E-state index >= 15 is 0 Å². The number of benzene rings is 6. The number of Topliss-reactive ketones (excluding diaryl/α,β-unsaturated/α-hetero) is 1. The van der Waals surface area contributed by atoms with Crippen LogP contribution in [0.3, 0.4) is 0 Å². The summed E-state index contributed by atoms with van der Waals surface area (Å²) in [4.78, 5) is 91.4. The monoisotopic (exact) mass is 2130 g/mol. The molecule has 13 N–H and O–H groups in total. The number of rotatable bonds is 50. The molecule has 5 aliphatic heterocycles. The zero-order valence-corrected chi connectivity index (χ0v) is 84.9. The number of sulfone groups is 1. The van der Waals surface area contributed by atoms with E-state index in [0.29, 0.717) is 159 Å². The fourth-order valence-corrected chi connectivity index (χ4v) is 19.3. The van der Waals surface area contributed by atoms with Crippen molar-refractivity contribution in [3.05, 3.63) is 189 Å². The number of nitrogens with zero attached hydrogens (tertiary/aromatic N) is 3. The highest BCUT2D eigenvalue weighted by Gasteiger charge is 2.35. The van der Waals surface area contributed by atoms with Gasteiger partial charge in [-0.25, -0.2) is 44.3 Å². The second-order valence-corrected chi connectivity index (χ2v) is 40.2. The molecule has 4 unspecified atom stereocenters. The largest absolute Gasteiger partial charge is 0.479 e. The lowest BCUT2D eigenvalue weighted by Gasteiger charge is -2.33. The SMILES string of the molecule is CCOCCCS(=O)(=O)c1ccc([C@H]2CN(C)Cc3c(Cl)cc(Cl)cc32)cc1.CCOCCOCCCC(=O)C(O)C(O)C(=O)NCCOCCOCCOCCNS(=O)(=O)c1ccc([C@H]2CN(C)Cc3c(Cl)cc(Cl)cc32)cc1.CN1Cc2c(Cl)cc(Cl)cc2[C@@H](c2ccc(S(=O)(=O)NCCOCCOCCOCCN)cc2)C1.O=C(O)C(O)C(O)C(=O)O.O=C1CCC(=O)N1.O=C1CCC(=O)N1. The number of imide groups is 2. The van der Waals surface area contributed by atoms with Crippen molar-refractivity contribution in [1.29, 1.82) is 0 Å². The van der Waals surface area contributed by atoms with Gasteiger partial charge in [0, 0.05) is 172 Å². The van der Waals surface area contributed by atoms with Crippen molar-refractivity contribution < 1.29 is 137 Å². The van der Waals surface area contributed by atoms with Crippen LogP contribution in [0, 0.1) is 0 Å². The van der Waals surface area contributed by atoms with Gasteiger partial charge in [-0.3, -0.25) is 39.4 Å². The van der Waals surface area contributed by atoms with Crippen molar-refractivity contribution in [2.45, 2.75) is 135 Å². The molecule has 5 aliphatic rings. The molecule has 6 aromatic carbocycles. The van der Waals surface area contributed by atoms with E-state index in [1.807, 2.05) is 82.5 Å². The predicted octanol–water partition coefficient (Wildman–Crippen LogP) is 6.49. The van der Waals surface area contributed by atoms with Crippen LogP contribution >= 0.6 is 69.6 Å². The first-order chi connectivity index (χ1) is 66.1. The van der Waals surface area contributed by atoms with Gasteiger partial charge >= 0.3 is 11.9 Å². The zero-order valence-electron chi connectivity index (χ0n) is 77.9. The molecule has 6 aromatic rings. The molecule has 0 aromatic heterocycles. The van der Waals surface area contributed by atoms with E-state index in [-0.39, 0.29) is 129 Å². The summed E-state index contributed by atoms with van der Waals surface area (Å²) in [6.45, 7) is 15.7. The molecule has 0 spiro atoms. The Hall–Kier alpha value is -7.49. The summed E-state index contributed by atoms with van der Waals surface area (Å²) in [7, 11) is -4.58. The van der Waals surface area contributed by atoms with Crippen molar-refractivity contribution in [2.75, 3.05) is 192 Å². The predicted molar refractivity (Wildman–Crippen MR) is 519 cm³/mol. The Balaban J connectivity index is 0.000000293. The number of hydrogen-bond acceptors (Lipinski definition) is 31. The van der Waals surface area contributed by atoms with Crippen LogP contribution in [0.4, 0.5) is 0 Å². The second-order valence-electron chi connectivity index (χ2n) is 32.0. The van der Waals surface area contributed by atoms with Crippen molar-refractivity contribution in [1.82, 2.24) is 40.1 Å². The number of nitrogens with two attached hydrogens (primary N) is 1. The minimum absolute atomic E-state index is 0.00274. The molecule has 5 amide bonds. The number of ether oxygens (including phenoxy) is 9. The number of carboxylic acid groups (broad SMARTS) is 2. The van der Waals surface area contributed by atoms with Crippen LogP contribution in [-0.2, 0) is 131 Å². The van der Waals surface area contributed by atoms with E-state index in [0.717, 1.165) is 82.8 Å². The maximum Gasteiger partial charge on any atom is 0.335 e. The quantitative estimate of drug-likeness (QED) is 0.0143. The van der Waals surface area contributed by atoms with E-state index < -0.39 is 77.9 Å². The number of carbonyl (C=O) groups is 8. The smallest absolute Gasteiger partial charge is 0.335 e. The molecule has 139 heavy (non-hydrogen) atoms. The molecule has 0 radical (unpaired) electrons. The molecule has 2 saturated heterocycles. The van der Waals surface area contributed by atoms with E-state index in [1.54, 1.807) is 54.6 Å². The number of hydrogen-bond donors (Lipinski definition) is 12. The maximum atomic E-state index is 12.8. The third kappa shape index (κ3) is 42.4. The van der Waals surface area contributed by atoms with Crippen LogP contribution in [0.5, 0.6) is 0 Å². The van der Waals surface area contributed by atoms with Crippen molar-refractivity contribution >= 4 is 147 Å². The van der Waals surface area contributed by atoms with Gasteiger partial charge in [-0.1, -0.05) is 106 Å². The molecule has 0 saturated carbocycles. The number of sulfonamides is 2. The minimum atomic E-state index is -3.74. The Morgan fingerprint density at radius 1 is 0.410 bits per heavy atom. The van der Waals surface area contributed by atoms with E-state index in [4.69, 9.17) is 138 Å². The van der Waals surface area contributed by atoms with E-state index in [9.17, 15) is 73.8 Å². The summed E-state index contributed by atoms with van der Waals surface area (Å²) >= 11 is 38.1. The van der Waals surface area contributed by atoms with Crippen LogP contribution < -0.4 is 31.1 Å². The molecule has 0 aliphatic carbocycles. The van der Waals surface area contributed by atoms with Gasteiger partial charge in [0.1, 0.15) is 6.10 Å². The Morgan fingerprint density at radius 2 is 0.712 bits per heavy atom. The Bertz CT molecular complexity index is 5210. The number of likely N-dealkylation sites (N-methyl/N-ethyl adjacent to an activating group) is 3. The first kappa shape index (κ1) is 120. The Labute approximate surface area is 840 Å². The highest BCUT2D eigenvalue weighted by atomic mass is 35.5. The Kier molecular flexibility index (Phi) is 54.4. The lowest BCUT2D eigenvalue weighted by molar-refractivity contribution is -0.165. The van der Waals surface area contributed by atoms with Gasteiger partial charge in [-0.2, -0.15) is 0 Å². The van der Waals surface area contributed by atoms with Crippen molar-refractivity contribution in [2.24, 2.45) is 5.73 Å². The van der Waals surface area contributed by atoms with Crippen LogP contribution in [0.15, 0.2) is 124 Å². The molecule has 11 rings (SSSR count). The van der Waals surface area contributed by atoms with Gasteiger partial charge in [0.25, 0.3) is 5.91 Å². The average molecular weight is 2130 g/mol. The van der Waals surface area contributed by atoms with Gasteiger partial charge in [-0.05, 0) is 171 Å². The number of aliphatic hydroxyl groups excluding tert-OH is 4. The number of aliphatic carboxylic acids is 2. The minimum Gasteiger partial charge on any atom is -0.479 e. The third-order valence-electron chi connectivity index (χ3n) is 21.3. The summed E-state index contributed by atoms with van der Waals surface area (Å²) < 4.78 is 129. The summed E-state index contributed by atoms with van der Waals surface area (Å²) in [5, 5.41) is 62.9. The van der Waals surface area contributed by atoms with Crippen LogP contribution in [0.2, 0.25) is 30.1 Å².